The minimum absolute atomic E-state index is 0.242. The van der Waals surface area contributed by atoms with Crippen LogP contribution in [0, 0.1) is 3.83 Å². The van der Waals surface area contributed by atoms with Crippen molar-refractivity contribution in [3.05, 3.63) is 14.1 Å². The molecule has 0 aliphatic carbocycles. The molecule has 0 fully saturated rings. The number of aromatic amines is 1. The molecule has 1 rings (SSSR count). The summed E-state index contributed by atoms with van der Waals surface area (Å²) in [6.45, 7) is 0. The van der Waals surface area contributed by atoms with Crippen LogP contribution in [0.3, 0.4) is 0 Å². The fraction of sp³-hybridized carbons (Fsp3) is 0.333. The number of aromatic nitrogens is 2. The van der Waals surface area contributed by atoms with Crippen LogP contribution in [0.4, 0.5) is 0 Å². The number of halogens is 2. The van der Waals surface area contributed by atoms with Crippen LogP contribution in [0.1, 0.15) is 5.69 Å². The number of aliphatic carboxylic acids is 1. The molecule has 72 valence electrons. The lowest BCUT2D eigenvalue weighted by Crippen LogP contribution is -2.32. The Labute approximate surface area is 96.4 Å². The number of carbonyl (C=O) groups is 1. The molecule has 0 aliphatic rings. The SMILES string of the molecule is N[C@@H](Cc1[nH]c(I)nc1Br)C(=O)O. The first-order valence-corrected chi connectivity index (χ1v) is 5.26. The number of carboxylic acid groups (broad SMARTS) is 1. The zero-order chi connectivity index (χ0) is 10.0. The maximum atomic E-state index is 10.4. The molecule has 1 heterocycles. The fourth-order valence-corrected chi connectivity index (χ4v) is 2.14. The maximum absolute atomic E-state index is 10.4. The normalized spacial score (nSPS) is 12.8. The number of carboxylic acids is 1. The van der Waals surface area contributed by atoms with Crippen molar-refractivity contribution in [1.29, 1.82) is 0 Å². The third kappa shape index (κ3) is 2.92. The summed E-state index contributed by atoms with van der Waals surface area (Å²) in [7, 11) is 0. The first-order valence-electron chi connectivity index (χ1n) is 3.39. The molecular weight excluding hydrogens is 353 g/mol. The lowest BCUT2D eigenvalue weighted by Gasteiger charge is -2.03. The second-order valence-corrected chi connectivity index (χ2v) is 4.22. The minimum atomic E-state index is -1.02. The highest BCUT2D eigenvalue weighted by atomic mass is 127. The lowest BCUT2D eigenvalue weighted by atomic mass is 10.2. The molecule has 7 heteroatoms. The van der Waals surface area contributed by atoms with Gasteiger partial charge in [-0.25, -0.2) is 4.98 Å². The van der Waals surface area contributed by atoms with E-state index in [-0.39, 0.29) is 6.42 Å². The van der Waals surface area contributed by atoms with Gasteiger partial charge in [-0.1, -0.05) is 0 Å². The van der Waals surface area contributed by atoms with Gasteiger partial charge in [0, 0.05) is 6.42 Å². The van der Waals surface area contributed by atoms with Crippen LogP contribution < -0.4 is 5.73 Å². The van der Waals surface area contributed by atoms with E-state index in [1.165, 1.54) is 0 Å². The van der Waals surface area contributed by atoms with E-state index in [1.807, 2.05) is 22.6 Å². The molecule has 0 saturated heterocycles. The van der Waals surface area contributed by atoms with Crippen LogP contribution in [-0.4, -0.2) is 27.1 Å². The summed E-state index contributed by atoms with van der Waals surface area (Å²) in [6.07, 6.45) is 0.242. The average molecular weight is 360 g/mol. The first-order chi connectivity index (χ1) is 6.00. The molecule has 1 aromatic heterocycles. The molecule has 4 N–H and O–H groups in total. The van der Waals surface area contributed by atoms with Crippen molar-refractivity contribution < 1.29 is 9.90 Å². The number of nitrogens with one attached hydrogen (secondary N) is 1. The number of nitrogens with two attached hydrogens (primary N) is 1. The van der Waals surface area contributed by atoms with Crippen molar-refractivity contribution in [3.8, 4) is 0 Å². The van der Waals surface area contributed by atoms with Gasteiger partial charge in [0.1, 0.15) is 10.6 Å². The molecule has 0 aromatic carbocycles. The zero-order valence-electron chi connectivity index (χ0n) is 6.42. The van der Waals surface area contributed by atoms with Crippen LogP contribution in [-0.2, 0) is 11.2 Å². The monoisotopic (exact) mass is 359 g/mol. The summed E-state index contributed by atoms with van der Waals surface area (Å²) in [5, 5.41) is 8.56. The van der Waals surface area contributed by atoms with E-state index in [0.717, 1.165) is 0 Å². The quantitative estimate of drug-likeness (QED) is 0.694. The Morgan fingerprint density at radius 3 is 2.85 bits per heavy atom. The predicted molar refractivity (Wildman–Crippen MR) is 58.3 cm³/mol. The molecule has 0 radical (unpaired) electrons. The van der Waals surface area contributed by atoms with Crippen LogP contribution in [0.2, 0.25) is 0 Å². The van der Waals surface area contributed by atoms with Crippen molar-refractivity contribution in [2.75, 3.05) is 0 Å². The van der Waals surface area contributed by atoms with E-state index in [1.54, 1.807) is 0 Å². The van der Waals surface area contributed by atoms with Gasteiger partial charge in [0.25, 0.3) is 0 Å². The van der Waals surface area contributed by atoms with Crippen molar-refractivity contribution in [1.82, 2.24) is 9.97 Å². The third-order valence-electron chi connectivity index (χ3n) is 1.44. The average Bonchev–Trinajstić information content (AvgIpc) is 2.30. The lowest BCUT2D eigenvalue weighted by molar-refractivity contribution is -0.138. The molecule has 5 nitrogen and oxygen atoms in total. The van der Waals surface area contributed by atoms with Gasteiger partial charge in [-0.05, 0) is 38.5 Å². The van der Waals surface area contributed by atoms with Crippen LogP contribution in [0.25, 0.3) is 0 Å². The van der Waals surface area contributed by atoms with E-state index in [2.05, 4.69) is 25.9 Å². The smallest absolute Gasteiger partial charge is 0.320 e. The zero-order valence-corrected chi connectivity index (χ0v) is 10.2. The Morgan fingerprint density at radius 1 is 1.85 bits per heavy atom. The highest BCUT2D eigenvalue weighted by molar-refractivity contribution is 14.1. The Morgan fingerprint density at radius 2 is 2.46 bits per heavy atom. The summed E-state index contributed by atoms with van der Waals surface area (Å²) in [4.78, 5) is 17.4. The predicted octanol–water partition coefficient (Wildman–Crippen LogP) is 0.731. The second kappa shape index (κ2) is 4.38. The van der Waals surface area contributed by atoms with Gasteiger partial charge in [-0.3, -0.25) is 4.79 Å². The van der Waals surface area contributed by atoms with Gasteiger partial charge in [0.05, 0.1) is 5.69 Å². The molecule has 0 bridgehead atoms. The fourth-order valence-electron chi connectivity index (χ4n) is 0.800. The number of hydrogen-bond donors (Lipinski definition) is 3. The Bertz CT molecular complexity index is 328. The number of hydrogen-bond acceptors (Lipinski definition) is 3. The van der Waals surface area contributed by atoms with Crippen molar-refractivity contribution in [2.24, 2.45) is 5.73 Å². The summed E-state index contributed by atoms with van der Waals surface area (Å²) >= 11 is 5.20. The van der Waals surface area contributed by atoms with Crippen molar-refractivity contribution in [3.63, 3.8) is 0 Å². The van der Waals surface area contributed by atoms with E-state index in [4.69, 9.17) is 10.8 Å². The van der Waals surface area contributed by atoms with Gasteiger partial charge in [0.2, 0.25) is 0 Å². The van der Waals surface area contributed by atoms with Gasteiger partial charge >= 0.3 is 5.97 Å². The van der Waals surface area contributed by atoms with Gasteiger partial charge in [0.15, 0.2) is 3.83 Å². The van der Waals surface area contributed by atoms with Crippen LogP contribution >= 0.6 is 38.5 Å². The van der Waals surface area contributed by atoms with Gasteiger partial charge < -0.3 is 15.8 Å². The summed E-state index contributed by atoms with van der Waals surface area (Å²) in [6, 6.07) is -0.896. The third-order valence-corrected chi connectivity index (χ3v) is 2.61. The van der Waals surface area contributed by atoms with Gasteiger partial charge in [-0.15, -0.1) is 0 Å². The minimum Gasteiger partial charge on any atom is -0.480 e. The highest BCUT2D eigenvalue weighted by Gasteiger charge is 2.16. The molecule has 1 atom stereocenters. The highest BCUT2D eigenvalue weighted by Crippen LogP contribution is 2.15. The van der Waals surface area contributed by atoms with Crippen LogP contribution in [0.5, 0.6) is 0 Å². The Hall–Kier alpha value is -0.150. The molecular formula is C6H7BrIN3O2. The second-order valence-electron chi connectivity index (χ2n) is 2.45. The van der Waals surface area contributed by atoms with E-state index in [9.17, 15) is 4.79 Å². The van der Waals surface area contributed by atoms with E-state index >= 15 is 0 Å². The number of H-pyrrole nitrogens is 1. The maximum Gasteiger partial charge on any atom is 0.320 e. The molecule has 13 heavy (non-hydrogen) atoms. The van der Waals surface area contributed by atoms with Crippen LogP contribution in [0.15, 0.2) is 4.60 Å². The van der Waals surface area contributed by atoms with E-state index in [0.29, 0.717) is 14.1 Å². The molecule has 0 saturated carbocycles. The largest absolute Gasteiger partial charge is 0.480 e. The van der Waals surface area contributed by atoms with Crippen molar-refractivity contribution in [2.45, 2.75) is 12.5 Å². The molecule has 0 aliphatic heterocycles. The van der Waals surface area contributed by atoms with E-state index < -0.39 is 12.0 Å². The number of nitrogens with zero attached hydrogens (tertiary/aromatic N) is 1. The Balaban J connectivity index is 2.74. The summed E-state index contributed by atoms with van der Waals surface area (Å²) < 4.78 is 1.32. The molecule has 0 unspecified atom stereocenters. The Kier molecular flexibility index (Phi) is 3.68. The molecule has 1 aromatic rings. The summed E-state index contributed by atoms with van der Waals surface area (Å²) in [5.74, 6) is -1.02. The number of rotatable bonds is 3. The first kappa shape index (κ1) is 10.9. The number of imidazole rings is 1. The van der Waals surface area contributed by atoms with Crippen molar-refractivity contribution >= 4 is 44.5 Å². The molecule has 0 amide bonds. The van der Waals surface area contributed by atoms with Gasteiger partial charge in [-0.2, -0.15) is 0 Å². The molecule has 0 spiro atoms. The standard InChI is InChI=1S/C6H7BrIN3O2/c7-4-3(10-6(8)11-4)1-2(9)5(12)13/h2H,1,9H2,(H,10,11)(H,12,13)/t2-/m0/s1. The summed E-state index contributed by atoms with van der Waals surface area (Å²) in [5.41, 5.74) is 6.06. The topological polar surface area (TPSA) is 92.0 Å².